The number of hydrogen-bond donors (Lipinski definition) is 0. The number of carbonyl (C=O) groups excluding carboxylic acids is 3. The number of esters is 2. The third kappa shape index (κ3) is 4.87. The second kappa shape index (κ2) is 12.2. The van der Waals surface area contributed by atoms with Crippen LogP contribution in [-0.4, -0.2) is 44.4 Å². The Labute approximate surface area is 262 Å². The lowest BCUT2D eigenvalue weighted by Gasteiger charge is -2.35. The number of ether oxygens (including phenoxy) is 2. The van der Waals surface area contributed by atoms with Gasteiger partial charge in [0.2, 0.25) is 5.78 Å². The molecule has 6 rings (SSSR count). The van der Waals surface area contributed by atoms with E-state index in [2.05, 4.69) is 36.4 Å². The zero-order valence-corrected chi connectivity index (χ0v) is 26.2. The van der Waals surface area contributed by atoms with Gasteiger partial charge in [-0.15, -0.1) is 0 Å². The maximum atomic E-state index is 14.1. The number of hydrogen-bond acceptors (Lipinski definition) is 5. The lowest BCUT2D eigenvalue weighted by molar-refractivity contribution is 0.0556. The molecular weight excluding hydrogens is 579 g/mol. The first-order valence-corrected chi connectivity index (χ1v) is 16.6. The van der Waals surface area contributed by atoms with Gasteiger partial charge in [0.25, 0.3) is 0 Å². The fraction of sp³-hybridized carbons (Fsp3) is 0.0789. The smallest absolute Gasteiger partial charge is 0.341 e. The van der Waals surface area contributed by atoms with Gasteiger partial charge in [-0.05, 0) is 39.3 Å². The maximum absolute atomic E-state index is 14.1. The Hall–Kier alpha value is -5.53. The van der Waals surface area contributed by atoms with Crippen molar-refractivity contribution in [1.82, 2.24) is 4.40 Å². The van der Waals surface area contributed by atoms with Crippen molar-refractivity contribution in [1.29, 1.82) is 0 Å². The van der Waals surface area contributed by atoms with Crippen LogP contribution in [0, 0.1) is 6.92 Å². The lowest BCUT2D eigenvalue weighted by Crippen LogP contribution is -2.75. The molecule has 0 radical (unpaired) electrons. The number of pyridine rings is 1. The van der Waals surface area contributed by atoms with Gasteiger partial charge in [-0.2, -0.15) is 0 Å². The number of aromatic nitrogens is 1. The first-order valence-electron chi connectivity index (χ1n) is 14.6. The van der Waals surface area contributed by atoms with Crippen LogP contribution in [0.5, 0.6) is 0 Å². The zero-order valence-electron chi connectivity index (χ0n) is 25.2. The average molecular weight is 610 g/mol. The minimum absolute atomic E-state index is 0.0121. The molecule has 0 atom stereocenters. The number of benzene rings is 4. The van der Waals surface area contributed by atoms with E-state index in [0.717, 1.165) is 26.3 Å². The van der Waals surface area contributed by atoms with Crippen LogP contribution in [0.25, 0.3) is 5.52 Å². The Morgan fingerprint density at radius 2 is 1.02 bits per heavy atom. The van der Waals surface area contributed by atoms with Crippen LogP contribution in [0.15, 0.2) is 134 Å². The lowest BCUT2D eigenvalue weighted by atomic mass is 10.0. The van der Waals surface area contributed by atoms with Gasteiger partial charge in [0, 0.05) is 11.8 Å². The number of methoxy groups -OCH3 is 2. The summed E-state index contributed by atoms with van der Waals surface area (Å²) in [6.07, 6.45) is 1.86. The molecule has 2 aromatic heterocycles. The quantitative estimate of drug-likeness (QED) is 0.111. The van der Waals surface area contributed by atoms with Crippen molar-refractivity contribution in [2.45, 2.75) is 6.92 Å². The molecule has 6 nitrogen and oxygen atoms in total. The van der Waals surface area contributed by atoms with Crippen molar-refractivity contribution in [2.75, 3.05) is 14.2 Å². The monoisotopic (exact) mass is 609 g/mol. The molecule has 0 amide bonds. The minimum Gasteiger partial charge on any atom is -0.465 e. The standard InChI is InChI=1S/C38H31NO5Si/c1-26-25-39-31(33(37(41)43-2)34(38(42)44-3)35(39)36(40)27-16-8-4-9-17-27)24-32(26)45(28-18-10-5-11-19-28,29-20-12-6-13-21-29)30-22-14-7-15-23-30/h4-25H,1-3H3. The highest BCUT2D eigenvalue weighted by Gasteiger charge is 2.43. The van der Waals surface area contributed by atoms with Gasteiger partial charge >= 0.3 is 11.9 Å². The number of fused-ring (bicyclic) bond motifs is 1. The fourth-order valence-electron chi connectivity index (χ4n) is 6.39. The van der Waals surface area contributed by atoms with Crippen molar-refractivity contribution >= 4 is 52.1 Å². The molecule has 0 N–H and O–H groups in total. The predicted molar refractivity (Wildman–Crippen MR) is 178 cm³/mol. The van der Waals surface area contributed by atoms with Gasteiger partial charge < -0.3 is 13.9 Å². The van der Waals surface area contributed by atoms with Crippen molar-refractivity contribution in [3.8, 4) is 0 Å². The topological polar surface area (TPSA) is 74.1 Å². The molecule has 7 heteroatoms. The van der Waals surface area contributed by atoms with E-state index in [-0.39, 0.29) is 16.8 Å². The Balaban J connectivity index is 1.80. The molecule has 6 aromatic rings. The number of aryl methyl sites for hydroxylation is 1. The van der Waals surface area contributed by atoms with Crippen molar-refractivity contribution in [3.63, 3.8) is 0 Å². The van der Waals surface area contributed by atoms with E-state index in [0.29, 0.717) is 11.1 Å². The van der Waals surface area contributed by atoms with Gasteiger partial charge in [-0.3, -0.25) is 4.79 Å². The highest BCUT2D eigenvalue weighted by Crippen LogP contribution is 2.29. The average Bonchev–Trinajstić information content (AvgIpc) is 3.43. The van der Waals surface area contributed by atoms with Crippen molar-refractivity contribution < 1.29 is 23.9 Å². The summed E-state index contributed by atoms with van der Waals surface area (Å²) in [5, 5.41) is 4.45. The van der Waals surface area contributed by atoms with Crippen LogP contribution in [-0.2, 0) is 9.47 Å². The van der Waals surface area contributed by atoms with Crippen LogP contribution in [0.4, 0.5) is 0 Å². The van der Waals surface area contributed by atoms with Crippen LogP contribution in [0.3, 0.4) is 0 Å². The van der Waals surface area contributed by atoms with E-state index >= 15 is 0 Å². The summed E-state index contributed by atoms with van der Waals surface area (Å²) in [7, 11) is -0.536. The molecular formula is C38H31NO5Si. The van der Waals surface area contributed by atoms with E-state index in [4.69, 9.17) is 9.47 Å². The molecule has 0 unspecified atom stereocenters. The molecule has 0 spiro atoms. The molecule has 0 aliphatic heterocycles. The second-order valence-corrected chi connectivity index (χ2v) is 14.5. The molecule has 4 aromatic carbocycles. The van der Waals surface area contributed by atoms with E-state index in [1.807, 2.05) is 79.9 Å². The highest BCUT2D eigenvalue weighted by molar-refractivity contribution is 7.20. The molecule has 0 fully saturated rings. The molecule has 0 saturated heterocycles. The largest absolute Gasteiger partial charge is 0.465 e. The minimum atomic E-state index is -3.03. The van der Waals surface area contributed by atoms with Gasteiger partial charge in [0.05, 0.1) is 19.7 Å². The van der Waals surface area contributed by atoms with Crippen LogP contribution >= 0.6 is 0 Å². The van der Waals surface area contributed by atoms with E-state index in [9.17, 15) is 14.4 Å². The van der Waals surface area contributed by atoms with Crippen LogP contribution in [0.1, 0.15) is 42.3 Å². The summed E-state index contributed by atoms with van der Waals surface area (Å²) < 4.78 is 12.0. The normalized spacial score (nSPS) is 11.3. The number of nitrogens with zero attached hydrogens (tertiary/aromatic N) is 1. The van der Waals surface area contributed by atoms with Crippen LogP contribution < -0.4 is 20.7 Å². The first kappa shape index (κ1) is 29.5. The molecule has 0 saturated carbocycles. The van der Waals surface area contributed by atoms with Gasteiger partial charge in [-0.25, -0.2) is 9.59 Å². The zero-order chi connectivity index (χ0) is 31.6. The Morgan fingerprint density at radius 1 is 0.600 bits per heavy atom. The van der Waals surface area contributed by atoms with Gasteiger partial charge in [0.15, 0.2) is 8.07 Å². The van der Waals surface area contributed by atoms with E-state index < -0.39 is 25.8 Å². The summed E-state index contributed by atoms with van der Waals surface area (Å²) in [6, 6.07) is 41.8. The predicted octanol–water partition coefficient (Wildman–Crippen LogP) is 4.43. The van der Waals surface area contributed by atoms with E-state index in [1.54, 1.807) is 28.7 Å². The van der Waals surface area contributed by atoms with E-state index in [1.165, 1.54) is 14.2 Å². The molecule has 0 bridgehead atoms. The van der Waals surface area contributed by atoms with Crippen molar-refractivity contribution in [3.05, 3.63) is 162 Å². The molecule has 0 aliphatic carbocycles. The summed E-state index contributed by atoms with van der Waals surface area (Å²) in [5.41, 5.74) is 1.58. The first-order chi connectivity index (χ1) is 21.9. The highest BCUT2D eigenvalue weighted by atomic mass is 28.3. The molecule has 222 valence electrons. The number of ketones is 1. The summed E-state index contributed by atoms with van der Waals surface area (Å²) >= 11 is 0. The summed E-state index contributed by atoms with van der Waals surface area (Å²) in [5.74, 6) is -1.94. The molecule has 2 heterocycles. The third-order valence-electron chi connectivity index (χ3n) is 8.33. The molecule has 45 heavy (non-hydrogen) atoms. The van der Waals surface area contributed by atoms with Gasteiger partial charge in [0.1, 0.15) is 16.8 Å². The molecule has 0 aliphatic rings. The summed E-state index contributed by atoms with van der Waals surface area (Å²) in [4.78, 5) is 41.1. The van der Waals surface area contributed by atoms with Gasteiger partial charge in [-0.1, -0.05) is 121 Å². The Kier molecular flexibility index (Phi) is 8.02. The second-order valence-electron chi connectivity index (χ2n) is 10.8. The van der Waals surface area contributed by atoms with Crippen molar-refractivity contribution in [2.24, 2.45) is 0 Å². The van der Waals surface area contributed by atoms with Crippen LogP contribution in [0.2, 0.25) is 0 Å². The number of carbonyl (C=O) groups is 3. The Bertz CT molecular complexity index is 1920. The Morgan fingerprint density at radius 3 is 1.47 bits per heavy atom. The SMILES string of the molecule is COC(=O)c1c(C(=O)OC)c2cc([Si](c3ccccc3)(c3ccccc3)c3ccccc3)c(C)cn2c1C(=O)c1ccccc1. The maximum Gasteiger partial charge on any atom is 0.341 e. The summed E-state index contributed by atoms with van der Waals surface area (Å²) in [6.45, 7) is 2.01. The fourth-order valence-corrected chi connectivity index (χ4v) is 11.4. The third-order valence-corrected chi connectivity index (χ3v) is 13.3. The number of rotatable bonds is 8.